The van der Waals surface area contributed by atoms with Crippen molar-refractivity contribution in [2.45, 2.75) is 52.0 Å². The largest absolute Gasteiger partial charge is 0.480 e. The van der Waals surface area contributed by atoms with Crippen LogP contribution in [-0.4, -0.2) is 29.7 Å². The standard InChI is InChI=1S/C15H26N2O3/c1-9(2)5-13(14(18)19)17-15(20)16-8-12-7-10-3-4-11(12)6-10/h9-13H,3-8H2,1-2H3,(H,18,19)(H2,16,17,20). The monoisotopic (exact) mass is 282 g/mol. The number of nitrogens with one attached hydrogen (secondary N) is 2. The molecular formula is C15H26N2O3. The molecule has 0 aromatic carbocycles. The summed E-state index contributed by atoms with van der Waals surface area (Å²) in [5, 5.41) is 14.5. The van der Waals surface area contributed by atoms with E-state index < -0.39 is 12.0 Å². The molecule has 5 nitrogen and oxygen atoms in total. The topological polar surface area (TPSA) is 78.4 Å². The van der Waals surface area contributed by atoms with Gasteiger partial charge in [0.1, 0.15) is 6.04 Å². The van der Waals surface area contributed by atoms with Gasteiger partial charge in [0.15, 0.2) is 0 Å². The van der Waals surface area contributed by atoms with Gasteiger partial charge in [-0.3, -0.25) is 0 Å². The lowest BCUT2D eigenvalue weighted by Crippen LogP contribution is -2.47. The predicted octanol–water partition coefficient (Wildman–Crippen LogP) is 2.22. The average Bonchev–Trinajstić information content (AvgIpc) is 2.97. The van der Waals surface area contributed by atoms with E-state index in [1.165, 1.54) is 25.7 Å². The van der Waals surface area contributed by atoms with E-state index in [0.717, 1.165) is 11.8 Å². The van der Waals surface area contributed by atoms with Gasteiger partial charge in [0, 0.05) is 6.54 Å². The number of hydrogen-bond donors (Lipinski definition) is 3. The number of fused-ring (bicyclic) bond motifs is 2. The third kappa shape index (κ3) is 3.87. The van der Waals surface area contributed by atoms with Crippen molar-refractivity contribution in [3.05, 3.63) is 0 Å². The van der Waals surface area contributed by atoms with Gasteiger partial charge < -0.3 is 15.7 Å². The maximum atomic E-state index is 11.8. The zero-order chi connectivity index (χ0) is 14.7. The summed E-state index contributed by atoms with van der Waals surface area (Å²) in [4.78, 5) is 22.9. The molecule has 2 rings (SSSR count). The van der Waals surface area contributed by atoms with Crippen LogP contribution >= 0.6 is 0 Å². The van der Waals surface area contributed by atoms with Crippen LogP contribution in [0.1, 0.15) is 46.0 Å². The molecule has 2 amide bonds. The van der Waals surface area contributed by atoms with Crippen LogP contribution in [0.2, 0.25) is 0 Å². The Bertz CT molecular complexity index is 370. The Kier molecular flexibility index (Phi) is 4.89. The zero-order valence-electron chi connectivity index (χ0n) is 12.4. The van der Waals surface area contributed by atoms with Crippen LogP contribution in [0.15, 0.2) is 0 Å². The number of carbonyl (C=O) groups excluding carboxylic acids is 1. The molecule has 2 bridgehead atoms. The van der Waals surface area contributed by atoms with Gasteiger partial charge in [-0.25, -0.2) is 9.59 Å². The second-order valence-electron chi connectivity index (χ2n) is 6.81. The molecule has 2 saturated carbocycles. The Hall–Kier alpha value is -1.26. The fourth-order valence-electron chi connectivity index (χ4n) is 3.75. The average molecular weight is 282 g/mol. The molecule has 0 radical (unpaired) electrons. The van der Waals surface area contributed by atoms with E-state index in [9.17, 15) is 9.59 Å². The van der Waals surface area contributed by atoms with E-state index >= 15 is 0 Å². The first kappa shape index (κ1) is 15.1. The molecule has 0 heterocycles. The van der Waals surface area contributed by atoms with Crippen LogP contribution in [0.3, 0.4) is 0 Å². The molecule has 2 fully saturated rings. The molecule has 5 heteroatoms. The lowest BCUT2D eigenvalue weighted by Gasteiger charge is -2.23. The second-order valence-corrected chi connectivity index (χ2v) is 6.81. The van der Waals surface area contributed by atoms with Gasteiger partial charge >= 0.3 is 12.0 Å². The van der Waals surface area contributed by atoms with Crippen molar-refractivity contribution < 1.29 is 14.7 Å². The van der Waals surface area contributed by atoms with Crippen molar-refractivity contribution in [2.24, 2.45) is 23.7 Å². The highest BCUT2D eigenvalue weighted by Gasteiger charge is 2.39. The Morgan fingerprint density at radius 3 is 2.50 bits per heavy atom. The van der Waals surface area contributed by atoms with Gasteiger partial charge in [0.25, 0.3) is 0 Å². The summed E-state index contributed by atoms with van der Waals surface area (Å²) in [6.07, 6.45) is 5.64. The number of rotatable bonds is 6. The molecule has 0 spiro atoms. The Morgan fingerprint density at radius 2 is 2.00 bits per heavy atom. The summed E-state index contributed by atoms with van der Waals surface area (Å²) in [6, 6.07) is -1.14. The minimum Gasteiger partial charge on any atom is -0.480 e. The number of hydrogen-bond acceptors (Lipinski definition) is 2. The van der Waals surface area contributed by atoms with E-state index in [1.54, 1.807) is 0 Å². The number of carboxylic acids is 1. The Morgan fingerprint density at radius 1 is 1.25 bits per heavy atom. The maximum absolute atomic E-state index is 11.8. The van der Waals surface area contributed by atoms with E-state index in [1.807, 2.05) is 13.8 Å². The van der Waals surface area contributed by atoms with Gasteiger partial charge in [0.05, 0.1) is 0 Å². The van der Waals surface area contributed by atoms with Crippen LogP contribution in [0.4, 0.5) is 4.79 Å². The minimum absolute atomic E-state index is 0.238. The third-order valence-corrected chi connectivity index (χ3v) is 4.72. The number of aliphatic carboxylic acids is 1. The Labute approximate surface area is 120 Å². The van der Waals surface area contributed by atoms with Crippen LogP contribution in [0.5, 0.6) is 0 Å². The van der Waals surface area contributed by atoms with Crippen molar-refractivity contribution >= 4 is 12.0 Å². The highest BCUT2D eigenvalue weighted by molar-refractivity contribution is 5.82. The molecule has 0 aliphatic heterocycles. The van der Waals surface area contributed by atoms with Crippen molar-refractivity contribution in [1.29, 1.82) is 0 Å². The minimum atomic E-state index is -0.964. The fraction of sp³-hybridized carbons (Fsp3) is 0.867. The van der Waals surface area contributed by atoms with Gasteiger partial charge in [-0.2, -0.15) is 0 Å². The van der Waals surface area contributed by atoms with Gasteiger partial charge in [-0.1, -0.05) is 20.3 Å². The van der Waals surface area contributed by atoms with Crippen LogP contribution in [0.25, 0.3) is 0 Å². The first-order valence-electron chi connectivity index (χ1n) is 7.73. The molecular weight excluding hydrogens is 256 g/mol. The Balaban J connectivity index is 1.72. The first-order valence-corrected chi connectivity index (χ1v) is 7.73. The normalized spacial score (nSPS) is 29.4. The molecule has 0 saturated heterocycles. The van der Waals surface area contributed by atoms with Gasteiger partial charge in [0.2, 0.25) is 0 Å². The first-order chi connectivity index (χ1) is 9.45. The summed E-state index contributed by atoms with van der Waals surface area (Å²) in [6.45, 7) is 4.58. The van der Waals surface area contributed by atoms with E-state index in [-0.39, 0.29) is 11.9 Å². The lowest BCUT2D eigenvalue weighted by atomic mass is 9.89. The molecule has 2 aliphatic rings. The van der Waals surface area contributed by atoms with Crippen LogP contribution in [0, 0.1) is 23.7 Å². The summed E-state index contributed by atoms with van der Waals surface area (Å²) in [7, 11) is 0. The zero-order valence-corrected chi connectivity index (χ0v) is 12.4. The molecule has 3 N–H and O–H groups in total. The molecule has 2 aliphatic carbocycles. The molecule has 4 unspecified atom stereocenters. The molecule has 0 aromatic heterocycles. The van der Waals surface area contributed by atoms with E-state index in [2.05, 4.69) is 10.6 Å². The third-order valence-electron chi connectivity index (χ3n) is 4.72. The highest BCUT2D eigenvalue weighted by Crippen LogP contribution is 2.47. The molecule has 4 atom stereocenters. The van der Waals surface area contributed by atoms with Crippen molar-refractivity contribution in [3.8, 4) is 0 Å². The van der Waals surface area contributed by atoms with Crippen molar-refractivity contribution in [2.75, 3.05) is 6.54 Å². The van der Waals surface area contributed by atoms with Gasteiger partial charge in [-0.15, -0.1) is 0 Å². The summed E-state index contributed by atoms with van der Waals surface area (Å²) in [5.74, 6) is 1.50. The van der Waals surface area contributed by atoms with Crippen LogP contribution < -0.4 is 10.6 Å². The number of urea groups is 1. The fourth-order valence-corrected chi connectivity index (χ4v) is 3.75. The second kappa shape index (κ2) is 6.46. The summed E-state index contributed by atoms with van der Waals surface area (Å²) >= 11 is 0. The quantitative estimate of drug-likeness (QED) is 0.699. The van der Waals surface area contributed by atoms with E-state index in [0.29, 0.717) is 18.9 Å². The lowest BCUT2D eigenvalue weighted by molar-refractivity contribution is -0.139. The SMILES string of the molecule is CC(C)CC(NC(=O)NCC1CC2CCC1C2)C(=O)O. The summed E-state index contributed by atoms with van der Waals surface area (Å²) < 4.78 is 0. The molecule has 0 aromatic rings. The van der Waals surface area contributed by atoms with Crippen molar-refractivity contribution in [3.63, 3.8) is 0 Å². The summed E-state index contributed by atoms with van der Waals surface area (Å²) in [5.41, 5.74) is 0. The van der Waals surface area contributed by atoms with E-state index in [4.69, 9.17) is 5.11 Å². The predicted molar refractivity (Wildman–Crippen MR) is 76.4 cm³/mol. The smallest absolute Gasteiger partial charge is 0.326 e. The molecule has 20 heavy (non-hydrogen) atoms. The number of carbonyl (C=O) groups is 2. The van der Waals surface area contributed by atoms with Crippen LogP contribution in [-0.2, 0) is 4.79 Å². The number of carboxylic acid groups (broad SMARTS) is 1. The number of amides is 2. The van der Waals surface area contributed by atoms with Gasteiger partial charge in [-0.05, 0) is 49.4 Å². The maximum Gasteiger partial charge on any atom is 0.326 e. The highest BCUT2D eigenvalue weighted by atomic mass is 16.4. The molecule has 114 valence electrons. The van der Waals surface area contributed by atoms with Crippen molar-refractivity contribution in [1.82, 2.24) is 10.6 Å².